The van der Waals surface area contributed by atoms with Gasteiger partial charge in [-0.05, 0) is 103 Å². The molecule has 0 aliphatic carbocycles. The van der Waals surface area contributed by atoms with Gasteiger partial charge in [-0.15, -0.1) is 0 Å². The fraction of sp³-hybridized carbons (Fsp3) is 0.667. The van der Waals surface area contributed by atoms with Crippen molar-refractivity contribution in [3.63, 3.8) is 0 Å². The summed E-state index contributed by atoms with van der Waals surface area (Å²) in [5.74, 6) is -0.929. The van der Waals surface area contributed by atoms with Crippen LogP contribution in [0.15, 0.2) is 109 Å². The fourth-order valence-electron chi connectivity index (χ4n) is 7.58. The van der Waals surface area contributed by atoms with E-state index in [0.717, 1.165) is 122 Å². The van der Waals surface area contributed by atoms with Crippen LogP contribution >= 0.6 is 0 Å². The van der Waals surface area contributed by atoms with Crippen molar-refractivity contribution in [3.05, 3.63) is 109 Å². The molecule has 0 fully saturated rings. The smallest absolute Gasteiger partial charge is 0.306 e. The van der Waals surface area contributed by atoms with Gasteiger partial charge in [-0.1, -0.05) is 239 Å². The summed E-state index contributed by atoms with van der Waals surface area (Å²) in [6.07, 6.45) is 76.7. The number of esters is 3. The molecule has 6 nitrogen and oxygen atoms in total. The highest BCUT2D eigenvalue weighted by Crippen LogP contribution is 2.15. The second kappa shape index (κ2) is 56.7. The molecular weight excluding hydrogens is 853 g/mol. The van der Waals surface area contributed by atoms with Gasteiger partial charge in [0.25, 0.3) is 0 Å². The zero-order valence-corrected chi connectivity index (χ0v) is 44.8. The van der Waals surface area contributed by atoms with E-state index < -0.39 is 6.10 Å². The van der Waals surface area contributed by atoms with Gasteiger partial charge in [-0.2, -0.15) is 0 Å². The Morgan fingerprint density at radius 3 is 0.899 bits per heavy atom. The molecule has 0 aromatic carbocycles. The van der Waals surface area contributed by atoms with Crippen LogP contribution in [-0.4, -0.2) is 37.2 Å². The predicted molar refractivity (Wildman–Crippen MR) is 297 cm³/mol. The first-order chi connectivity index (χ1) is 34.0. The van der Waals surface area contributed by atoms with Crippen LogP contribution in [0.4, 0.5) is 0 Å². The average molecular weight is 958 g/mol. The van der Waals surface area contributed by atoms with E-state index in [2.05, 4.69) is 130 Å². The van der Waals surface area contributed by atoms with Crippen molar-refractivity contribution >= 4 is 17.9 Å². The predicted octanol–water partition coefficient (Wildman–Crippen LogP) is 19.1. The van der Waals surface area contributed by atoms with Crippen molar-refractivity contribution in [1.82, 2.24) is 0 Å². The molecule has 0 saturated carbocycles. The van der Waals surface area contributed by atoms with Crippen LogP contribution in [0.5, 0.6) is 0 Å². The van der Waals surface area contributed by atoms with Crippen molar-refractivity contribution in [2.24, 2.45) is 0 Å². The molecule has 0 heterocycles. The number of allylic oxidation sites excluding steroid dienone is 18. The van der Waals surface area contributed by atoms with Crippen molar-refractivity contribution in [1.29, 1.82) is 0 Å². The third kappa shape index (κ3) is 54.9. The third-order valence-electron chi connectivity index (χ3n) is 11.8. The van der Waals surface area contributed by atoms with Crippen molar-refractivity contribution in [2.45, 2.75) is 258 Å². The summed E-state index contributed by atoms with van der Waals surface area (Å²) in [6.45, 7) is 6.36. The minimum absolute atomic E-state index is 0.0904. The monoisotopic (exact) mass is 957 g/mol. The molecule has 0 N–H and O–H groups in total. The van der Waals surface area contributed by atoms with Crippen LogP contribution in [0.25, 0.3) is 0 Å². The summed E-state index contributed by atoms with van der Waals surface area (Å²) in [7, 11) is 0. The van der Waals surface area contributed by atoms with E-state index in [4.69, 9.17) is 14.2 Å². The molecule has 1 unspecified atom stereocenters. The van der Waals surface area contributed by atoms with Gasteiger partial charge in [0.1, 0.15) is 13.2 Å². The van der Waals surface area contributed by atoms with Crippen LogP contribution in [0, 0.1) is 0 Å². The van der Waals surface area contributed by atoms with Gasteiger partial charge in [0.15, 0.2) is 6.10 Å². The van der Waals surface area contributed by atoms with Crippen LogP contribution in [-0.2, 0) is 28.6 Å². The van der Waals surface area contributed by atoms with Crippen LogP contribution in [0.1, 0.15) is 252 Å². The second-order valence-corrected chi connectivity index (χ2v) is 18.4. The first kappa shape index (κ1) is 65.1. The lowest BCUT2D eigenvalue weighted by Crippen LogP contribution is -2.30. The molecule has 392 valence electrons. The number of hydrogen-bond donors (Lipinski definition) is 0. The zero-order valence-electron chi connectivity index (χ0n) is 44.8. The molecule has 0 bridgehead atoms. The van der Waals surface area contributed by atoms with E-state index in [1.54, 1.807) is 0 Å². The highest BCUT2D eigenvalue weighted by molar-refractivity contribution is 5.71. The van der Waals surface area contributed by atoms with Gasteiger partial charge in [0, 0.05) is 19.3 Å². The van der Waals surface area contributed by atoms with E-state index in [1.807, 2.05) is 0 Å². The Bertz CT molecular complexity index is 1420. The quantitative estimate of drug-likeness (QED) is 0.0262. The molecule has 0 spiro atoms. The van der Waals surface area contributed by atoms with Gasteiger partial charge in [0.2, 0.25) is 0 Å². The number of rotatable bonds is 50. The number of carbonyl (C=O) groups excluding carboxylic acids is 3. The molecule has 69 heavy (non-hydrogen) atoms. The van der Waals surface area contributed by atoms with Crippen molar-refractivity contribution in [3.8, 4) is 0 Å². The first-order valence-corrected chi connectivity index (χ1v) is 28.4. The summed E-state index contributed by atoms with van der Waals surface area (Å²) in [6, 6.07) is 0. The van der Waals surface area contributed by atoms with Crippen LogP contribution < -0.4 is 0 Å². The molecule has 0 aromatic rings. The summed E-state index contributed by atoms with van der Waals surface area (Å²) in [5.41, 5.74) is 0. The number of carbonyl (C=O) groups is 3. The highest BCUT2D eigenvalue weighted by Gasteiger charge is 2.19. The van der Waals surface area contributed by atoms with Gasteiger partial charge in [-0.3, -0.25) is 14.4 Å². The second-order valence-electron chi connectivity index (χ2n) is 18.4. The Morgan fingerprint density at radius 2 is 0.565 bits per heavy atom. The zero-order chi connectivity index (χ0) is 50.0. The molecule has 0 aliphatic heterocycles. The number of hydrogen-bond acceptors (Lipinski definition) is 6. The van der Waals surface area contributed by atoms with E-state index in [1.165, 1.54) is 89.9 Å². The normalized spacial score (nSPS) is 12.9. The SMILES string of the molecule is CC/C=C\C/C=C\C/C=C\C/C=C\C/C=C\C/C=C\CCCCCCCCCCCCC(=O)OCC(COC(=O)CCCCCCCCCCC)OC(=O)CCCCC/C=C\C/C=C\C/C=C\CC. The van der Waals surface area contributed by atoms with E-state index in [9.17, 15) is 14.4 Å². The summed E-state index contributed by atoms with van der Waals surface area (Å²) in [4.78, 5) is 38.0. The lowest BCUT2D eigenvalue weighted by Gasteiger charge is -2.18. The number of unbranched alkanes of at least 4 members (excludes halogenated alkanes) is 21. The lowest BCUT2D eigenvalue weighted by molar-refractivity contribution is -0.167. The topological polar surface area (TPSA) is 78.9 Å². The molecule has 0 amide bonds. The van der Waals surface area contributed by atoms with Gasteiger partial charge >= 0.3 is 17.9 Å². The lowest BCUT2D eigenvalue weighted by atomic mass is 10.1. The van der Waals surface area contributed by atoms with Gasteiger partial charge < -0.3 is 14.2 Å². The third-order valence-corrected chi connectivity index (χ3v) is 11.8. The number of ether oxygens (including phenoxy) is 3. The van der Waals surface area contributed by atoms with Gasteiger partial charge in [0.05, 0.1) is 0 Å². The first-order valence-electron chi connectivity index (χ1n) is 28.4. The van der Waals surface area contributed by atoms with Crippen LogP contribution in [0.2, 0.25) is 0 Å². The summed E-state index contributed by atoms with van der Waals surface area (Å²) < 4.78 is 16.8. The molecule has 0 aromatic heterocycles. The minimum Gasteiger partial charge on any atom is -0.462 e. The fourth-order valence-corrected chi connectivity index (χ4v) is 7.58. The van der Waals surface area contributed by atoms with E-state index >= 15 is 0 Å². The minimum atomic E-state index is -0.793. The largest absolute Gasteiger partial charge is 0.462 e. The molecule has 0 radical (unpaired) electrons. The summed E-state index contributed by atoms with van der Waals surface area (Å²) in [5, 5.41) is 0. The van der Waals surface area contributed by atoms with Crippen molar-refractivity contribution < 1.29 is 28.6 Å². The highest BCUT2D eigenvalue weighted by atomic mass is 16.6. The molecule has 6 heteroatoms. The van der Waals surface area contributed by atoms with Crippen molar-refractivity contribution in [2.75, 3.05) is 13.2 Å². The Balaban J connectivity index is 4.21. The Morgan fingerprint density at radius 1 is 0.304 bits per heavy atom. The molecule has 0 aliphatic rings. The summed E-state index contributed by atoms with van der Waals surface area (Å²) >= 11 is 0. The van der Waals surface area contributed by atoms with E-state index in [0.29, 0.717) is 19.3 Å². The van der Waals surface area contributed by atoms with Crippen LogP contribution in [0.3, 0.4) is 0 Å². The Hall–Kier alpha value is -3.93. The average Bonchev–Trinajstić information content (AvgIpc) is 3.35. The van der Waals surface area contributed by atoms with Gasteiger partial charge in [-0.25, -0.2) is 0 Å². The standard InChI is InChI=1S/C63H104O6/c1-4-7-10-13-16-19-21-23-24-25-26-27-28-29-30-31-32-33-34-35-36-37-38-40-41-44-47-50-53-56-62(65)68-59-60(58-67-61(64)55-52-49-46-43-18-15-12-9-6-3)69-63(66)57-54-51-48-45-42-39-22-20-17-14-11-8-5-2/h7-8,10-11,16-17,19-20,23-24,26-27,29-30,32-33,39,42,60H,4-6,9,12-15,18,21-22,25,28,31,34-38,40-41,43-59H2,1-3H3/b10-7-,11-8-,19-16-,20-17-,24-23-,27-26-,30-29-,33-32-,42-39-. The maximum absolute atomic E-state index is 12.8. The maximum atomic E-state index is 12.8. The molecule has 0 rings (SSSR count). The Labute approximate surface area is 425 Å². The molecule has 1 atom stereocenters. The molecular formula is C63H104O6. The maximum Gasteiger partial charge on any atom is 0.306 e. The molecule has 0 saturated heterocycles. The Kier molecular flexibility index (Phi) is 53.4. The van der Waals surface area contributed by atoms with E-state index in [-0.39, 0.29) is 31.1 Å².